The molecule has 3 heteroatoms. The fraction of sp³-hybridized carbons (Fsp3) is 1.00. The molecule has 108 valence electrons. The number of nitrogens with zero attached hydrogens (tertiary/aromatic N) is 1. The number of nitrogens with one attached hydrogen (secondary N) is 1. The van der Waals surface area contributed by atoms with Crippen molar-refractivity contribution in [1.82, 2.24) is 10.2 Å². The summed E-state index contributed by atoms with van der Waals surface area (Å²) in [5.74, 6) is 0. The molecule has 1 rings (SSSR count). The summed E-state index contributed by atoms with van der Waals surface area (Å²) in [6.45, 7) is 11.2. The van der Waals surface area contributed by atoms with Gasteiger partial charge in [-0.1, -0.05) is 33.1 Å². The van der Waals surface area contributed by atoms with E-state index in [4.69, 9.17) is 4.74 Å². The van der Waals surface area contributed by atoms with Crippen LogP contribution in [0.2, 0.25) is 0 Å². The van der Waals surface area contributed by atoms with Crippen LogP contribution in [0.4, 0.5) is 0 Å². The van der Waals surface area contributed by atoms with Gasteiger partial charge in [0.05, 0.1) is 6.10 Å². The summed E-state index contributed by atoms with van der Waals surface area (Å²) in [4.78, 5) is 2.56. The SMILES string of the molecule is CCCCCCNCCN1CCCOC(CC)C1. The van der Waals surface area contributed by atoms with E-state index in [-0.39, 0.29) is 0 Å². The van der Waals surface area contributed by atoms with E-state index < -0.39 is 0 Å². The van der Waals surface area contributed by atoms with Crippen LogP contribution in [0.1, 0.15) is 52.4 Å². The molecule has 0 bridgehead atoms. The molecule has 0 aromatic rings. The highest BCUT2D eigenvalue weighted by molar-refractivity contribution is 4.69. The predicted molar refractivity (Wildman–Crippen MR) is 78.1 cm³/mol. The molecular formula is C15H32N2O. The van der Waals surface area contributed by atoms with Crippen molar-refractivity contribution in [2.45, 2.75) is 58.5 Å². The number of ether oxygens (including phenoxy) is 1. The fourth-order valence-electron chi connectivity index (χ4n) is 2.46. The Balaban J connectivity index is 1.99. The van der Waals surface area contributed by atoms with Crippen LogP contribution in [0.15, 0.2) is 0 Å². The molecule has 1 aliphatic rings. The fourth-order valence-corrected chi connectivity index (χ4v) is 2.46. The third kappa shape index (κ3) is 7.34. The van der Waals surface area contributed by atoms with Gasteiger partial charge < -0.3 is 10.1 Å². The maximum Gasteiger partial charge on any atom is 0.0699 e. The van der Waals surface area contributed by atoms with Crippen molar-refractivity contribution in [3.05, 3.63) is 0 Å². The minimum absolute atomic E-state index is 0.456. The van der Waals surface area contributed by atoms with E-state index in [0.29, 0.717) is 6.10 Å². The first-order valence-corrected chi connectivity index (χ1v) is 7.91. The molecule has 0 amide bonds. The molecule has 0 aliphatic carbocycles. The normalized spacial score (nSPS) is 22.0. The molecule has 0 spiro atoms. The topological polar surface area (TPSA) is 24.5 Å². The maximum absolute atomic E-state index is 5.79. The van der Waals surface area contributed by atoms with Gasteiger partial charge in [-0.25, -0.2) is 0 Å². The van der Waals surface area contributed by atoms with Gasteiger partial charge in [0.2, 0.25) is 0 Å². The maximum atomic E-state index is 5.79. The second kappa shape index (κ2) is 10.8. The molecule has 0 aromatic heterocycles. The lowest BCUT2D eigenvalue weighted by Crippen LogP contribution is -2.36. The summed E-state index contributed by atoms with van der Waals surface area (Å²) >= 11 is 0. The summed E-state index contributed by atoms with van der Waals surface area (Å²) in [7, 11) is 0. The molecule has 1 atom stereocenters. The van der Waals surface area contributed by atoms with Gasteiger partial charge in [0.1, 0.15) is 0 Å². The Labute approximate surface area is 113 Å². The third-order valence-electron chi connectivity index (χ3n) is 3.70. The zero-order chi connectivity index (χ0) is 13.1. The molecule has 3 nitrogen and oxygen atoms in total. The first-order chi connectivity index (χ1) is 8.86. The van der Waals surface area contributed by atoms with E-state index in [0.717, 1.165) is 26.1 Å². The van der Waals surface area contributed by atoms with Gasteiger partial charge in [-0.3, -0.25) is 4.90 Å². The van der Waals surface area contributed by atoms with Gasteiger partial charge in [0, 0.05) is 32.8 Å². The molecular weight excluding hydrogens is 224 g/mol. The number of rotatable bonds is 9. The molecule has 1 N–H and O–H groups in total. The zero-order valence-electron chi connectivity index (χ0n) is 12.4. The Kier molecular flexibility index (Phi) is 9.54. The van der Waals surface area contributed by atoms with Crippen molar-refractivity contribution >= 4 is 0 Å². The lowest BCUT2D eigenvalue weighted by atomic mass is 10.2. The van der Waals surface area contributed by atoms with Crippen LogP contribution >= 0.6 is 0 Å². The highest BCUT2D eigenvalue weighted by atomic mass is 16.5. The first-order valence-electron chi connectivity index (χ1n) is 7.91. The van der Waals surface area contributed by atoms with E-state index in [1.54, 1.807) is 0 Å². The Morgan fingerprint density at radius 2 is 2.06 bits per heavy atom. The predicted octanol–water partition coefficient (Wildman–Crippen LogP) is 2.66. The van der Waals surface area contributed by atoms with E-state index in [9.17, 15) is 0 Å². The van der Waals surface area contributed by atoms with Gasteiger partial charge in [0.25, 0.3) is 0 Å². The van der Waals surface area contributed by atoms with Gasteiger partial charge in [-0.2, -0.15) is 0 Å². The van der Waals surface area contributed by atoms with E-state index >= 15 is 0 Å². The second-order valence-electron chi connectivity index (χ2n) is 5.37. The van der Waals surface area contributed by atoms with Gasteiger partial charge in [-0.15, -0.1) is 0 Å². The molecule has 0 radical (unpaired) electrons. The lowest BCUT2D eigenvalue weighted by molar-refractivity contribution is 0.0521. The molecule has 1 aliphatic heterocycles. The Morgan fingerprint density at radius 1 is 1.17 bits per heavy atom. The molecule has 1 unspecified atom stereocenters. The summed E-state index contributed by atoms with van der Waals surface area (Å²) in [5, 5.41) is 3.56. The lowest BCUT2D eigenvalue weighted by Gasteiger charge is -2.23. The van der Waals surface area contributed by atoms with E-state index in [1.807, 2.05) is 0 Å². The first kappa shape index (κ1) is 15.9. The average molecular weight is 256 g/mol. The van der Waals surface area contributed by atoms with Gasteiger partial charge >= 0.3 is 0 Å². The van der Waals surface area contributed by atoms with Crippen molar-refractivity contribution < 1.29 is 4.74 Å². The van der Waals surface area contributed by atoms with Crippen molar-refractivity contribution in [1.29, 1.82) is 0 Å². The highest BCUT2D eigenvalue weighted by Gasteiger charge is 2.16. The molecule has 0 saturated carbocycles. The smallest absolute Gasteiger partial charge is 0.0699 e. The largest absolute Gasteiger partial charge is 0.377 e. The Morgan fingerprint density at radius 3 is 2.83 bits per heavy atom. The minimum atomic E-state index is 0.456. The van der Waals surface area contributed by atoms with Crippen LogP contribution in [0, 0.1) is 0 Å². The zero-order valence-corrected chi connectivity index (χ0v) is 12.4. The average Bonchev–Trinajstić information content (AvgIpc) is 2.63. The van der Waals surface area contributed by atoms with Gasteiger partial charge in [-0.05, 0) is 25.8 Å². The van der Waals surface area contributed by atoms with Crippen molar-refractivity contribution in [3.63, 3.8) is 0 Å². The molecule has 1 saturated heterocycles. The van der Waals surface area contributed by atoms with E-state index in [2.05, 4.69) is 24.1 Å². The summed E-state index contributed by atoms with van der Waals surface area (Å²) in [6, 6.07) is 0. The standard InChI is InChI=1S/C15H32N2O/c1-3-5-6-7-9-16-10-12-17-11-8-13-18-15(4-2)14-17/h15-16H,3-14H2,1-2H3. The highest BCUT2D eigenvalue weighted by Crippen LogP contribution is 2.07. The Hall–Kier alpha value is -0.120. The summed E-state index contributed by atoms with van der Waals surface area (Å²) in [5.41, 5.74) is 0. The van der Waals surface area contributed by atoms with Crippen LogP contribution in [0.3, 0.4) is 0 Å². The summed E-state index contributed by atoms with van der Waals surface area (Å²) < 4.78 is 5.79. The number of unbranched alkanes of at least 4 members (excludes halogenated alkanes) is 3. The minimum Gasteiger partial charge on any atom is -0.377 e. The quantitative estimate of drug-likeness (QED) is 0.642. The third-order valence-corrected chi connectivity index (χ3v) is 3.70. The van der Waals surface area contributed by atoms with Crippen molar-refractivity contribution in [3.8, 4) is 0 Å². The summed E-state index contributed by atoms with van der Waals surface area (Å²) in [6.07, 6.45) is 8.19. The molecule has 1 heterocycles. The Bertz CT molecular complexity index is 187. The van der Waals surface area contributed by atoms with Crippen LogP contribution in [0.25, 0.3) is 0 Å². The number of hydrogen-bond donors (Lipinski definition) is 1. The van der Waals surface area contributed by atoms with Crippen molar-refractivity contribution in [2.24, 2.45) is 0 Å². The van der Waals surface area contributed by atoms with Crippen molar-refractivity contribution in [2.75, 3.05) is 39.3 Å². The second-order valence-corrected chi connectivity index (χ2v) is 5.37. The molecule has 18 heavy (non-hydrogen) atoms. The number of hydrogen-bond acceptors (Lipinski definition) is 3. The van der Waals surface area contributed by atoms with Gasteiger partial charge in [0.15, 0.2) is 0 Å². The van der Waals surface area contributed by atoms with Crippen LogP contribution < -0.4 is 5.32 Å². The van der Waals surface area contributed by atoms with Crippen LogP contribution in [0.5, 0.6) is 0 Å². The van der Waals surface area contributed by atoms with E-state index in [1.165, 1.54) is 51.7 Å². The molecule has 1 fully saturated rings. The monoisotopic (exact) mass is 256 g/mol. The van der Waals surface area contributed by atoms with Crippen LogP contribution in [-0.2, 0) is 4.74 Å². The van der Waals surface area contributed by atoms with Crippen LogP contribution in [-0.4, -0.2) is 50.3 Å². The molecule has 0 aromatic carbocycles.